The molecular weight excluding hydrogens is 276 g/mol. The smallest absolute Gasteiger partial charge is 0.372 e. The third kappa shape index (κ3) is 1.90. The van der Waals surface area contributed by atoms with Gasteiger partial charge in [-0.15, -0.1) is 11.3 Å². The van der Waals surface area contributed by atoms with Gasteiger partial charge in [-0.05, 0) is 18.1 Å². The molecule has 0 radical (unpaired) electrons. The number of carboxylic acids is 1. The van der Waals surface area contributed by atoms with Gasteiger partial charge in [0.25, 0.3) is 5.56 Å². The molecule has 1 aromatic carbocycles. The van der Waals surface area contributed by atoms with E-state index in [0.717, 1.165) is 16.0 Å². The van der Waals surface area contributed by atoms with Crippen molar-refractivity contribution in [3.05, 3.63) is 52.1 Å². The van der Waals surface area contributed by atoms with Gasteiger partial charge in [0, 0.05) is 4.88 Å². The molecule has 0 aliphatic rings. The highest BCUT2D eigenvalue weighted by Crippen LogP contribution is 2.35. The molecule has 0 bridgehead atoms. The van der Waals surface area contributed by atoms with Crippen molar-refractivity contribution in [3.8, 4) is 10.4 Å². The zero-order valence-corrected chi connectivity index (χ0v) is 11.3. The van der Waals surface area contributed by atoms with Crippen LogP contribution in [0.5, 0.6) is 0 Å². The van der Waals surface area contributed by atoms with Gasteiger partial charge in [0.15, 0.2) is 0 Å². The number of nitrogens with zero attached hydrogens (tertiary/aromatic N) is 1. The Kier molecular flexibility index (Phi) is 2.87. The number of aromatic amines is 1. The molecule has 0 saturated carbocycles. The van der Waals surface area contributed by atoms with Gasteiger partial charge in [-0.1, -0.05) is 30.3 Å². The number of hydrogen-bond acceptors (Lipinski definition) is 4. The van der Waals surface area contributed by atoms with E-state index in [0.29, 0.717) is 10.2 Å². The fourth-order valence-corrected chi connectivity index (χ4v) is 3.30. The Morgan fingerprint density at radius 1 is 1.30 bits per heavy atom. The fraction of sp³-hybridized carbons (Fsp3) is 0.0714. The van der Waals surface area contributed by atoms with Crippen LogP contribution in [-0.4, -0.2) is 21.0 Å². The number of H-pyrrole nitrogens is 1. The number of aryl methyl sites for hydroxylation is 1. The van der Waals surface area contributed by atoms with Crippen LogP contribution in [0.1, 0.15) is 16.2 Å². The van der Waals surface area contributed by atoms with Crippen molar-refractivity contribution in [2.24, 2.45) is 0 Å². The van der Waals surface area contributed by atoms with Crippen LogP contribution in [0, 0.1) is 6.92 Å². The van der Waals surface area contributed by atoms with E-state index in [4.69, 9.17) is 5.11 Å². The first-order valence-corrected chi connectivity index (χ1v) is 6.71. The van der Waals surface area contributed by atoms with Crippen LogP contribution in [0.2, 0.25) is 0 Å². The zero-order valence-electron chi connectivity index (χ0n) is 10.5. The molecule has 0 spiro atoms. The van der Waals surface area contributed by atoms with E-state index in [1.54, 1.807) is 0 Å². The number of hydrogen-bond donors (Lipinski definition) is 2. The minimum atomic E-state index is -1.24. The number of rotatable bonds is 2. The maximum absolute atomic E-state index is 12.0. The molecule has 3 aromatic rings. The van der Waals surface area contributed by atoms with Gasteiger partial charge in [-0.25, -0.2) is 9.78 Å². The summed E-state index contributed by atoms with van der Waals surface area (Å²) in [4.78, 5) is 30.6. The Hall–Kier alpha value is -2.47. The number of carboxylic acid groups (broad SMARTS) is 1. The van der Waals surface area contributed by atoms with Crippen molar-refractivity contribution in [2.45, 2.75) is 6.92 Å². The summed E-state index contributed by atoms with van der Waals surface area (Å²) in [7, 11) is 0. The molecule has 2 aromatic heterocycles. The van der Waals surface area contributed by atoms with E-state index in [1.165, 1.54) is 11.3 Å². The molecule has 0 fully saturated rings. The second kappa shape index (κ2) is 4.57. The summed E-state index contributed by atoms with van der Waals surface area (Å²) in [5.74, 6) is -1.57. The summed E-state index contributed by atoms with van der Waals surface area (Å²) < 4.78 is 0. The van der Waals surface area contributed by atoms with E-state index in [1.807, 2.05) is 37.3 Å². The molecule has 0 saturated heterocycles. The lowest BCUT2D eigenvalue weighted by molar-refractivity contribution is 0.0683. The third-order valence-electron chi connectivity index (χ3n) is 3.04. The predicted molar refractivity (Wildman–Crippen MR) is 77.4 cm³/mol. The lowest BCUT2D eigenvalue weighted by Gasteiger charge is -1.98. The topological polar surface area (TPSA) is 83.0 Å². The Morgan fingerprint density at radius 3 is 2.65 bits per heavy atom. The highest BCUT2D eigenvalue weighted by molar-refractivity contribution is 7.22. The molecule has 0 unspecified atom stereocenters. The minimum absolute atomic E-state index is 0.330. The Morgan fingerprint density at radius 2 is 2.00 bits per heavy atom. The van der Waals surface area contributed by atoms with E-state index in [9.17, 15) is 9.59 Å². The first kappa shape index (κ1) is 12.6. The summed E-state index contributed by atoms with van der Waals surface area (Å²) in [6, 6.07) is 9.65. The van der Waals surface area contributed by atoms with Crippen LogP contribution in [-0.2, 0) is 0 Å². The van der Waals surface area contributed by atoms with Gasteiger partial charge in [0.05, 0.1) is 5.39 Å². The van der Waals surface area contributed by atoms with Gasteiger partial charge in [-0.3, -0.25) is 4.79 Å². The van der Waals surface area contributed by atoms with Crippen LogP contribution in [0.25, 0.3) is 20.7 Å². The molecule has 100 valence electrons. The molecule has 0 aliphatic heterocycles. The van der Waals surface area contributed by atoms with E-state index >= 15 is 0 Å². The summed E-state index contributed by atoms with van der Waals surface area (Å²) in [5.41, 5.74) is 1.40. The summed E-state index contributed by atoms with van der Waals surface area (Å²) in [6.45, 7) is 1.85. The molecule has 5 nitrogen and oxygen atoms in total. The van der Waals surface area contributed by atoms with Gasteiger partial charge in [0.2, 0.25) is 5.82 Å². The Bertz CT molecular complexity index is 865. The quantitative estimate of drug-likeness (QED) is 0.758. The molecule has 0 atom stereocenters. The maximum Gasteiger partial charge on any atom is 0.372 e. The van der Waals surface area contributed by atoms with Crippen molar-refractivity contribution in [1.82, 2.24) is 9.97 Å². The molecule has 3 rings (SSSR count). The largest absolute Gasteiger partial charge is 0.475 e. The van der Waals surface area contributed by atoms with Gasteiger partial charge >= 0.3 is 5.97 Å². The van der Waals surface area contributed by atoms with Crippen molar-refractivity contribution >= 4 is 27.5 Å². The highest BCUT2D eigenvalue weighted by atomic mass is 32.1. The third-order valence-corrected chi connectivity index (χ3v) is 4.27. The maximum atomic E-state index is 12.0. The van der Waals surface area contributed by atoms with Crippen molar-refractivity contribution in [2.75, 3.05) is 0 Å². The molecule has 6 heteroatoms. The summed E-state index contributed by atoms with van der Waals surface area (Å²) in [6.07, 6.45) is 0. The summed E-state index contributed by atoms with van der Waals surface area (Å²) >= 11 is 1.33. The van der Waals surface area contributed by atoms with Crippen molar-refractivity contribution in [3.63, 3.8) is 0 Å². The molecule has 0 aliphatic carbocycles. The molecule has 2 heterocycles. The van der Waals surface area contributed by atoms with E-state index < -0.39 is 11.5 Å². The van der Waals surface area contributed by atoms with Gasteiger partial charge in [-0.2, -0.15) is 0 Å². The first-order valence-electron chi connectivity index (χ1n) is 5.90. The van der Waals surface area contributed by atoms with Gasteiger partial charge in [0.1, 0.15) is 4.83 Å². The normalized spacial score (nSPS) is 10.8. The average molecular weight is 286 g/mol. The number of carbonyl (C=O) groups is 1. The van der Waals surface area contributed by atoms with Crippen molar-refractivity contribution in [1.29, 1.82) is 0 Å². The number of nitrogens with one attached hydrogen (secondary N) is 1. The SMILES string of the molecule is Cc1c(-c2ccccc2)sc2nc(C(=O)O)[nH]c(=O)c12. The standard InChI is InChI=1S/C14H10N2O3S/c1-7-9-12(17)15-11(14(18)19)16-13(9)20-10(7)8-5-3-2-4-6-8/h2-6H,1H3,(H,18,19)(H,15,16,17). The number of aromatic nitrogens is 2. The lowest BCUT2D eigenvalue weighted by Crippen LogP contribution is -2.15. The van der Waals surface area contributed by atoms with Crippen LogP contribution in [0.4, 0.5) is 0 Å². The predicted octanol–water partition coefficient (Wildman–Crippen LogP) is 2.66. The highest BCUT2D eigenvalue weighted by Gasteiger charge is 2.17. The second-order valence-electron chi connectivity index (χ2n) is 4.32. The molecule has 2 N–H and O–H groups in total. The Balaban J connectivity index is 2.33. The number of benzene rings is 1. The molecule has 20 heavy (non-hydrogen) atoms. The number of aromatic carboxylic acids is 1. The monoisotopic (exact) mass is 286 g/mol. The van der Waals surface area contributed by atoms with Crippen LogP contribution >= 0.6 is 11.3 Å². The van der Waals surface area contributed by atoms with E-state index in [2.05, 4.69) is 9.97 Å². The van der Waals surface area contributed by atoms with Crippen LogP contribution < -0.4 is 5.56 Å². The van der Waals surface area contributed by atoms with Crippen molar-refractivity contribution < 1.29 is 9.90 Å². The fourth-order valence-electron chi connectivity index (χ4n) is 2.11. The number of fused-ring (bicyclic) bond motifs is 1. The van der Waals surface area contributed by atoms with Crippen LogP contribution in [0.15, 0.2) is 35.1 Å². The number of thiophene rings is 1. The average Bonchev–Trinajstić information content (AvgIpc) is 2.77. The van der Waals surface area contributed by atoms with E-state index in [-0.39, 0.29) is 5.82 Å². The minimum Gasteiger partial charge on any atom is -0.475 e. The van der Waals surface area contributed by atoms with Crippen LogP contribution in [0.3, 0.4) is 0 Å². The second-order valence-corrected chi connectivity index (χ2v) is 5.32. The lowest BCUT2D eigenvalue weighted by atomic mass is 10.1. The Labute approximate surface area is 117 Å². The van der Waals surface area contributed by atoms with Gasteiger partial charge < -0.3 is 10.1 Å². The molecular formula is C14H10N2O3S. The molecule has 0 amide bonds. The zero-order chi connectivity index (χ0) is 14.3. The summed E-state index contributed by atoms with van der Waals surface area (Å²) in [5, 5.41) is 9.39. The first-order chi connectivity index (χ1) is 9.58.